The molecule has 3 aliphatic rings. The molecule has 8 nitrogen and oxygen atoms in total. The van der Waals surface area contributed by atoms with Crippen molar-refractivity contribution in [1.29, 1.82) is 0 Å². The molecule has 2 aromatic heterocycles. The molecule has 0 amide bonds. The third-order valence-corrected chi connectivity index (χ3v) is 6.60. The van der Waals surface area contributed by atoms with E-state index in [1.54, 1.807) is 10.8 Å². The summed E-state index contributed by atoms with van der Waals surface area (Å²) in [6.45, 7) is 1.15. The van der Waals surface area contributed by atoms with E-state index in [0.717, 1.165) is 11.1 Å². The first-order valence-electron chi connectivity index (χ1n) is 10.1. The molecule has 1 saturated carbocycles. The Hall–Kier alpha value is -3.33. The van der Waals surface area contributed by atoms with Crippen LogP contribution in [0.2, 0.25) is 0 Å². The molecule has 1 aliphatic carbocycles. The smallest absolute Gasteiger partial charge is 0.341 e. The number of carbonyl (C=O) groups is 1. The summed E-state index contributed by atoms with van der Waals surface area (Å²) in [6, 6.07) is 3.19. The van der Waals surface area contributed by atoms with Crippen molar-refractivity contribution < 1.29 is 24.1 Å². The number of carboxylic acid groups (broad SMARTS) is 1. The van der Waals surface area contributed by atoms with E-state index in [1.807, 2.05) is 11.4 Å². The number of hydrogen-bond donors (Lipinski definition) is 1. The molecule has 31 heavy (non-hydrogen) atoms. The Kier molecular flexibility index (Phi) is 4.07. The first kappa shape index (κ1) is 18.4. The monoisotopic (exact) mass is 438 g/mol. The average Bonchev–Trinajstić information content (AvgIpc) is 3.21. The van der Waals surface area contributed by atoms with Crippen molar-refractivity contribution in [1.82, 2.24) is 9.55 Å². The molecule has 158 valence electrons. The summed E-state index contributed by atoms with van der Waals surface area (Å²) in [5.74, 6) is 1.22. The van der Waals surface area contributed by atoms with Gasteiger partial charge in [0.2, 0.25) is 6.23 Å². The number of hydrogen-bond acceptors (Lipinski definition) is 7. The third kappa shape index (κ3) is 2.99. The van der Waals surface area contributed by atoms with Gasteiger partial charge in [0.1, 0.15) is 11.3 Å². The fraction of sp³-hybridized carbons (Fsp3) is 0.318. The van der Waals surface area contributed by atoms with Crippen molar-refractivity contribution in [3.63, 3.8) is 0 Å². The van der Waals surface area contributed by atoms with E-state index in [4.69, 9.17) is 14.2 Å². The number of carboxylic acids is 1. The molecule has 4 heterocycles. The highest BCUT2D eigenvalue weighted by Crippen LogP contribution is 2.51. The van der Waals surface area contributed by atoms with Crippen LogP contribution in [0.15, 0.2) is 34.7 Å². The number of nitrogens with zero attached hydrogens (tertiary/aromatic N) is 2. The molecule has 1 atom stereocenters. The van der Waals surface area contributed by atoms with Crippen LogP contribution in [0.5, 0.6) is 17.2 Å². The average molecular weight is 438 g/mol. The first-order chi connectivity index (χ1) is 15.1. The summed E-state index contributed by atoms with van der Waals surface area (Å²) >= 11 is 1.40. The molecule has 0 radical (unpaired) electrons. The van der Waals surface area contributed by atoms with Crippen molar-refractivity contribution in [2.45, 2.75) is 25.5 Å². The summed E-state index contributed by atoms with van der Waals surface area (Å²) in [5.41, 5.74) is 1.39. The second-order valence-corrected chi connectivity index (χ2v) is 8.82. The first-order valence-corrected chi connectivity index (χ1v) is 11.0. The molecular formula is C22H18N2O6S. The summed E-state index contributed by atoms with van der Waals surface area (Å²) in [7, 11) is 0. The largest absolute Gasteiger partial charge is 0.489 e. The van der Waals surface area contributed by atoms with Gasteiger partial charge >= 0.3 is 5.97 Å². The Morgan fingerprint density at radius 1 is 1.35 bits per heavy atom. The van der Waals surface area contributed by atoms with Crippen LogP contribution in [0.4, 0.5) is 0 Å². The van der Waals surface area contributed by atoms with Gasteiger partial charge in [-0.2, -0.15) is 0 Å². The summed E-state index contributed by atoms with van der Waals surface area (Å²) in [5, 5.41) is 12.0. The van der Waals surface area contributed by atoms with E-state index in [1.165, 1.54) is 36.4 Å². The lowest BCUT2D eigenvalue weighted by molar-refractivity contribution is 0.0693. The van der Waals surface area contributed by atoms with Gasteiger partial charge in [-0.05, 0) is 18.8 Å². The maximum absolute atomic E-state index is 12.6. The van der Waals surface area contributed by atoms with E-state index >= 15 is 0 Å². The minimum absolute atomic E-state index is 0.311. The Labute approximate surface area is 180 Å². The van der Waals surface area contributed by atoms with Gasteiger partial charge in [-0.3, -0.25) is 4.79 Å². The van der Waals surface area contributed by atoms with E-state index in [-0.39, 0.29) is 5.56 Å². The quantitative estimate of drug-likeness (QED) is 0.652. The molecular weight excluding hydrogens is 420 g/mol. The highest BCUT2D eigenvalue weighted by molar-refractivity contribution is 7.09. The van der Waals surface area contributed by atoms with Crippen LogP contribution in [-0.2, 0) is 6.42 Å². The summed E-state index contributed by atoms with van der Waals surface area (Å²) in [6.07, 6.45) is 5.34. The number of aromatic nitrogens is 2. The van der Waals surface area contributed by atoms with E-state index in [0.29, 0.717) is 53.5 Å². The molecule has 1 unspecified atom stereocenters. The van der Waals surface area contributed by atoms with E-state index < -0.39 is 17.6 Å². The maximum atomic E-state index is 12.6. The molecule has 2 aliphatic heterocycles. The summed E-state index contributed by atoms with van der Waals surface area (Å²) in [4.78, 5) is 28.6. The molecule has 0 spiro atoms. The van der Waals surface area contributed by atoms with Crippen LogP contribution in [0.3, 0.4) is 0 Å². The van der Waals surface area contributed by atoms with Crippen LogP contribution in [-0.4, -0.2) is 33.8 Å². The van der Waals surface area contributed by atoms with Gasteiger partial charge in [-0.1, -0.05) is 0 Å². The minimum Gasteiger partial charge on any atom is -0.489 e. The Morgan fingerprint density at radius 3 is 2.97 bits per heavy atom. The van der Waals surface area contributed by atoms with E-state index in [9.17, 15) is 14.7 Å². The third-order valence-electron chi connectivity index (χ3n) is 5.80. The minimum atomic E-state index is -1.28. The Balaban J connectivity index is 1.56. The van der Waals surface area contributed by atoms with Crippen molar-refractivity contribution >= 4 is 17.3 Å². The highest BCUT2D eigenvalue weighted by Gasteiger charge is 2.36. The molecule has 3 aromatic rings. The van der Waals surface area contributed by atoms with Gasteiger partial charge in [0, 0.05) is 47.5 Å². The Bertz CT molecular complexity index is 1260. The zero-order valence-electron chi connectivity index (χ0n) is 16.4. The van der Waals surface area contributed by atoms with Gasteiger partial charge < -0.3 is 23.9 Å². The fourth-order valence-electron chi connectivity index (χ4n) is 4.10. The molecule has 6 rings (SSSR count). The van der Waals surface area contributed by atoms with Gasteiger partial charge in [0.25, 0.3) is 0 Å². The second kappa shape index (κ2) is 6.84. The Morgan fingerprint density at radius 2 is 2.23 bits per heavy atom. The van der Waals surface area contributed by atoms with Gasteiger partial charge in [-0.25, -0.2) is 9.78 Å². The number of thiazole rings is 1. The standard InChI is InChI=1S/C22H18N2O6S/c25-15-7-14-18-12-3-5-28-19(12)17(29-10-11-1-2-11)8-16(18)30-21(20-23-4-6-31-20)24(14)9-13(15)22(26)27/h4,6-9,11,21H,1-3,5,10H2,(H,26,27). The number of pyridine rings is 1. The van der Waals surface area contributed by atoms with Crippen LogP contribution in [0.25, 0.3) is 11.3 Å². The number of aromatic carboxylic acids is 1. The number of benzene rings is 1. The van der Waals surface area contributed by atoms with Gasteiger partial charge in [-0.15, -0.1) is 11.3 Å². The van der Waals surface area contributed by atoms with Crippen molar-refractivity contribution in [3.05, 3.63) is 56.3 Å². The molecule has 0 saturated heterocycles. The lowest BCUT2D eigenvalue weighted by Gasteiger charge is -2.31. The predicted molar refractivity (Wildman–Crippen MR) is 111 cm³/mol. The van der Waals surface area contributed by atoms with Crippen LogP contribution < -0.4 is 19.6 Å². The van der Waals surface area contributed by atoms with Crippen molar-refractivity contribution in [2.75, 3.05) is 13.2 Å². The van der Waals surface area contributed by atoms with E-state index in [2.05, 4.69) is 4.98 Å². The number of fused-ring (bicyclic) bond motifs is 5. The lowest BCUT2D eigenvalue weighted by atomic mass is 9.97. The molecule has 1 N–H and O–H groups in total. The zero-order valence-corrected chi connectivity index (χ0v) is 17.2. The normalized spacial score (nSPS) is 18.4. The molecule has 1 fully saturated rings. The SMILES string of the molecule is O=C(O)c1cn2c(cc1=O)-c1c(cc(OCC3CC3)c3c1CCO3)OC2c1nccs1. The number of rotatable bonds is 5. The maximum Gasteiger partial charge on any atom is 0.341 e. The lowest BCUT2D eigenvalue weighted by Crippen LogP contribution is -2.28. The second-order valence-electron chi connectivity index (χ2n) is 7.90. The zero-order chi connectivity index (χ0) is 21.1. The van der Waals surface area contributed by atoms with Gasteiger partial charge in [0.05, 0.1) is 18.9 Å². The molecule has 1 aromatic carbocycles. The van der Waals surface area contributed by atoms with Gasteiger partial charge in [0.15, 0.2) is 21.9 Å². The fourth-order valence-corrected chi connectivity index (χ4v) is 4.76. The molecule has 9 heteroatoms. The van der Waals surface area contributed by atoms with Crippen molar-refractivity contribution in [2.24, 2.45) is 5.92 Å². The number of ether oxygens (including phenoxy) is 3. The van der Waals surface area contributed by atoms with Crippen LogP contribution >= 0.6 is 11.3 Å². The van der Waals surface area contributed by atoms with Crippen LogP contribution in [0.1, 0.15) is 40.0 Å². The summed E-state index contributed by atoms with van der Waals surface area (Å²) < 4.78 is 20.0. The topological polar surface area (TPSA) is 99.9 Å². The molecule has 0 bridgehead atoms. The van der Waals surface area contributed by atoms with Crippen LogP contribution in [0, 0.1) is 5.92 Å². The predicted octanol–water partition coefficient (Wildman–Crippen LogP) is 3.33. The highest BCUT2D eigenvalue weighted by atomic mass is 32.1. The van der Waals surface area contributed by atoms with Crippen molar-refractivity contribution in [3.8, 4) is 28.5 Å².